The Morgan fingerprint density at radius 3 is 2.33 bits per heavy atom. The first kappa shape index (κ1) is 18.3. The molecular weight excluding hydrogens is 348 g/mol. The number of carbonyl (C=O) groups is 1. The fourth-order valence-corrected chi connectivity index (χ4v) is 3.19. The Hall–Kier alpha value is -2.05. The highest BCUT2D eigenvalue weighted by atomic mass is 35.5. The van der Waals surface area contributed by atoms with Gasteiger partial charge in [-0.1, -0.05) is 35.4 Å². The third-order valence-corrected chi connectivity index (χ3v) is 4.86. The molecule has 24 heavy (non-hydrogen) atoms. The van der Waals surface area contributed by atoms with Gasteiger partial charge >= 0.3 is 0 Å². The second-order valence-corrected chi connectivity index (χ2v) is 7.96. The van der Waals surface area contributed by atoms with Crippen molar-refractivity contribution in [3.05, 3.63) is 58.6 Å². The van der Waals surface area contributed by atoms with Gasteiger partial charge in [0.15, 0.2) is 0 Å². The summed E-state index contributed by atoms with van der Waals surface area (Å²) < 4.78 is 25.2. The third-order valence-electron chi connectivity index (χ3n) is 3.48. The summed E-state index contributed by atoms with van der Waals surface area (Å²) in [6.07, 6.45) is 1.07. The second-order valence-electron chi connectivity index (χ2n) is 5.61. The highest BCUT2D eigenvalue weighted by molar-refractivity contribution is 7.92. The molecule has 0 aliphatic heterocycles. The van der Waals surface area contributed by atoms with Gasteiger partial charge in [0, 0.05) is 10.7 Å². The third kappa shape index (κ3) is 4.72. The van der Waals surface area contributed by atoms with Crippen LogP contribution in [0.2, 0.25) is 5.02 Å². The van der Waals surface area contributed by atoms with Crippen LogP contribution in [0.1, 0.15) is 11.1 Å². The molecule has 2 rings (SSSR count). The van der Waals surface area contributed by atoms with E-state index in [1.54, 1.807) is 42.5 Å². The van der Waals surface area contributed by atoms with Crippen LogP contribution in [0.15, 0.2) is 42.5 Å². The lowest BCUT2D eigenvalue weighted by atomic mass is 10.2. The molecule has 0 fully saturated rings. The van der Waals surface area contributed by atoms with Gasteiger partial charge in [-0.3, -0.25) is 9.10 Å². The number of hydrogen-bond acceptors (Lipinski definition) is 3. The van der Waals surface area contributed by atoms with Crippen LogP contribution in [0.25, 0.3) is 0 Å². The minimum atomic E-state index is -3.59. The van der Waals surface area contributed by atoms with E-state index in [0.717, 1.165) is 21.7 Å². The maximum atomic E-state index is 12.3. The molecule has 0 spiro atoms. The lowest BCUT2D eigenvalue weighted by molar-refractivity contribution is -0.114. The van der Waals surface area contributed by atoms with Crippen molar-refractivity contribution in [1.82, 2.24) is 0 Å². The van der Waals surface area contributed by atoms with Gasteiger partial charge in [-0.25, -0.2) is 8.42 Å². The van der Waals surface area contributed by atoms with Gasteiger partial charge in [-0.05, 0) is 43.7 Å². The average molecular weight is 367 g/mol. The van der Waals surface area contributed by atoms with Crippen molar-refractivity contribution >= 4 is 38.9 Å². The summed E-state index contributed by atoms with van der Waals surface area (Å²) in [4.78, 5) is 12.3. The molecule has 0 bridgehead atoms. The molecule has 0 heterocycles. The molecule has 0 aromatic heterocycles. The first-order chi connectivity index (χ1) is 11.2. The lowest BCUT2D eigenvalue weighted by Crippen LogP contribution is -2.37. The Morgan fingerprint density at radius 2 is 1.75 bits per heavy atom. The predicted octanol–water partition coefficient (Wildman–Crippen LogP) is 3.36. The largest absolute Gasteiger partial charge is 0.324 e. The van der Waals surface area contributed by atoms with Gasteiger partial charge in [0.1, 0.15) is 6.54 Å². The molecule has 0 atom stereocenters. The summed E-state index contributed by atoms with van der Waals surface area (Å²) in [7, 11) is -3.59. The fourth-order valence-electron chi connectivity index (χ4n) is 2.16. The van der Waals surface area contributed by atoms with E-state index in [0.29, 0.717) is 16.4 Å². The molecule has 7 heteroatoms. The van der Waals surface area contributed by atoms with E-state index in [9.17, 15) is 13.2 Å². The number of anilines is 2. The number of aryl methyl sites for hydroxylation is 2. The molecule has 0 radical (unpaired) electrons. The number of amides is 1. The van der Waals surface area contributed by atoms with Crippen LogP contribution < -0.4 is 9.62 Å². The van der Waals surface area contributed by atoms with Crippen molar-refractivity contribution in [1.29, 1.82) is 0 Å². The lowest BCUT2D eigenvalue weighted by Gasteiger charge is -2.22. The highest BCUT2D eigenvalue weighted by Gasteiger charge is 2.21. The smallest absolute Gasteiger partial charge is 0.245 e. The van der Waals surface area contributed by atoms with Gasteiger partial charge in [0.2, 0.25) is 15.9 Å². The molecule has 5 nitrogen and oxygen atoms in total. The Kier molecular flexibility index (Phi) is 5.51. The van der Waals surface area contributed by atoms with Crippen LogP contribution in [0, 0.1) is 13.8 Å². The zero-order valence-corrected chi connectivity index (χ0v) is 15.3. The van der Waals surface area contributed by atoms with E-state index in [4.69, 9.17) is 11.6 Å². The van der Waals surface area contributed by atoms with Crippen LogP contribution in [0.5, 0.6) is 0 Å². The van der Waals surface area contributed by atoms with Gasteiger partial charge in [-0.2, -0.15) is 0 Å². The van der Waals surface area contributed by atoms with Crippen LogP contribution in [-0.2, 0) is 14.8 Å². The number of sulfonamides is 1. The zero-order chi connectivity index (χ0) is 17.9. The molecule has 0 aliphatic carbocycles. The monoisotopic (exact) mass is 366 g/mol. The van der Waals surface area contributed by atoms with Crippen molar-refractivity contribution in [2.24, 2.45) is 0 Å². The van der Waals surface area contributed by atoms with E-state index in [1.807, 2.05) is 13.8 Å². The van der Waals surface area contributed by atoms with E-state index < -0.39 is 15.9 Å². The molecule has 2 aromatic carbocycles. The minimum Gasteiger partial charge on any atom is -0.324 e. The van der Waals surface area contributed by atoms with Crippen molar-refractivity contribution < 1.29 is 13.2 Å². The summed E-state index contributed by atoms with van der Waals surface area (Å²) in [5.41, 5.74) is 2.85. The van der Waals surface area contributed by atoms with Crippen molar-refractivity contribution in [3.8, 4) is 0 Å². The van der Waals surface area contributed by atoms with E-state index in [-0.39, 0.29) is 6.54 Å². The molecule has 1 N–H and O–H groups in total. The maximum absolute atomic E-state index is 12.3. The standard InChI is InChI=1S/C17H19ClN2O3S/c1-12-4-8-15(9-5-12)20(24(3,22)23)11-17(21)19-16-10-14(18)7-6-13(16)2/h4-10H,11H2,1-3H3,(H,19,21). The summed E-state index contributed by atoms with van der Waals surface area (Å²) in [5.74, 6) is -0.439. The Bertz CT molecular complexity index is 849. The first-order valence-electron chi connectivity index (χ1n) is 7.27. The molecule has 0 aliphatic rings. The number of benzene rings is 2. The van der Waals surface area contributed by atoms with Crippen molar-refractivity contribution in [2.45, 2.75) is 13.8 Å². The molecular formula is C17H19ClN2O3S. The van der Waals surface area contributed by atoms with E-state index >= 15 is 0 Å². The average Bonchev–Trinajstić information content (AvgIpc) is 2.48. The predicted molar refractivity (Wildman–Crippen MR) is 98.2 cm³/mol. The molecule has 128 valence electrons. The normalized spacial score (nSPS) is 11.2. The van der Waals surface area contributed by atoms with Crippen molar-refractivity contribution in [3.63, 3.8) is 0 Å². The Labute approximate surface area is 147 Å². The molecule has 2 aromatic rings. The summed E-state index contributed by atoms with van der Waals surface area (Å²) in [6.45, 7) is 3.43. The van der Waals surface area contributed by atoms with Crippen molar-refractivity contribution in [2.75, 3.05) is 22.4 Å². The maximum Gasteiger partial charge on any atom is 0.245 e. The quantitative estimate of drug-likeness (QED) is 0.882. The fraction of sp³-hybridized carbons (Fsp3) is 0.235. The number of carbonyl (C=O) groups excluding carboxylic acids is 1. The molecule has 1 amide bonds. The number of halogens is 1. The minimum absolute atomic E-state index is 0.312. The Morgan fingerprint density at radius 1 is 1.12 bits per heavy atom. The van der Waals surface area contributed by atoms with Crippen LogP contribution >= 0.6 is 11.6 Å². The van der Waals surface area contributed by atoms with E-state index in [2.05, 4.69) is 5.32 Å². The number of nitrogens with one attached hydrogen (secondary N) is 1. The molecule has 0 saturated heterocycles. The second kappa shape index (κ2) is 7.23. The first-order valence-corrected chi connectivity index (χ1v) is 9.50. The zero-order valence-electron chi connectivity index (χ0n) is 13.7. The SMILES string of the molecule is Cc1ccc(N(CC(=O)Nc2cc(Cl)ccc2C)S(C)(=O)=O)cc1. The highest BCUT2D eigenvalue weighted by Crippen LogP contribution is 2.21. The molecule has 0 saturated carbocycles. The number of hydrogen-bond donors (Lipinski definition) is 1. The van der Waals surface area contributed by atoms with E-state index in [1.165, 1.54) is 0 Å². The topological polar surface area (TPSA) is 66.5 Å². The molecule has 0 unspecified atom stereocenters. The van der Waals surface area contributed by atoms with Gasteiger partial charge < -0.3 is 5.32 Å². The van der Waals surface area contributed by atoms with Gasteiger partial charge in [-0.15, -0.1) is 0 Å². The van der Waals surface area contributed by atoms with Crippen LogP contribution in [-0.4, -0.2) is 27.1 Å². The summed E-state index contributed by atoms with van der Waals surface area (Å²) >= 11 is 5.93. The summed E-state index contributed by atoms with van der Waals surface area (Å²) in [6, 6.07) is 12.1. The number of nitrogens with zero attached hydrogens (tertiary/aromatic N) is 1. The van der Waals surface area contributed by atoms with Gasteiger partial charge in [0.25, 0.3) is 0 Å². The van der Waals surface area contributed by atoms with Crippen LogP contribution in [0.3, 0.4) is 0 Å². The Balaban J connectivity index is 2.22. The number of rotatable bonds is 5. The van der Waals surface area contributed by atoms with Crippen LogP contribution in [0.4, 0.5) is 11.4 Å². The summed E-state index contributed by atoms with van der Waals surface area (Å²) in [5, 5.41) is 3.20. The van der Waals surface area contributed by atoms with Gasteiger partial charge in [0.05, 0.1) is 11.9 Å².